The molecule has 28 heavy (non-hydrogen) atoms. The zero-order valence-corrected chi connectivity index (χ0v) is 17.2. The lowest BCUT2D eigenvalue weighted by Gasteiger charge is -2.11. The van der Waals surface area contributed by atoms with Crippen molar-refractivity contribution in [1.82, 2.24) is 14.7 Å². The van der Waals surface area contributed by atoms with Gasteiger partial charge in [0.15, 0.2) is 0 Å². The average Bonchev–Trinajstić information content (AvgIpc) is 3.00. The molecule has 0 saturated heterocycles. The second kappa shape index (κ2) is 7.40. The number of carbonyl (C=O) groups is 1. The van der Waals surface area contributed by atoms with Crippen LogP contribution in [0.5, 0.6) is 0 Å². The number of ether oxygens (including phenoxy) is 1. The number of esters is 1. The van der Waals surface area contributed by atoms with Gasteiger partial charge in [0.05, 0.1) is 23.0 Å². The topological polar surface area (TPSA) is 100 Å². The molecular formula is C18H18ClN3O5S. The Kier molecular flexibility index (Phi) is 5.31. The van der Waals surface area contributed by atoms with Gasteiger partial charge in [0, 0.05) is 23.4 Å². The normalized spacial score (nSPS) is 11.8. The quantitative estimate of drug-likeness (QED) is 0.459. The van der Waals surface area contributed by atoms with E-state index >= 15 is 0 Å². The van der Waals surface area contributed by atoms with Crippen molar-refractivity contribution in [1.29, 1.82) is 0 Å². The highest BCUT2D eigenvalue weighted by Crippen LogP contribution is 2.35. The van der Waals surface area contributed by atoms with E-state index in [0.29, 0.717) is 21.5 Å². The van der Waals surface area contributed by atoms with Crippen LogP contribution in [-0.2, 0) is 14.6 Å². The summed E-state index contributed by atoms with van der Waals surface area (Å²) < 4.78 is 30.6. The second-order valence-corrected chi connectivity index (χ2v) is 8.64. The lowest BCUT2D eigenvalue weighted by atomic mass is 10.1. The lowest BCUT2D eigenvalue weighted by Crippen LogP contribution is -2.15. The summed E-state index contributed by atoms with van der Waals surface area (Å²) in [5.74, 6) is -0.662. The van der Waals surface area contributed by atoms with Gasteiger partial charge in [-0.25, -0.2) is 23.2 Å². The Morgan fingerprint density at radius 2 is 2.00 bits per heavy atom. The van der Waals surface area contributed by atoms with Crippen LogP contribution < -0.4 is 4.84 Å². The zero-order valence-electron chi connectivity index (χ0n) is 15.6. The molecule has 0 spiro atoms. The van der Waals surface area contributed by atoms with Gasteiger partial charge < -0.3 is 9.57 Å². The zero-order chi connectivity index (χ0) is 20.6. The standard InChI is InChI=1S/C18H18ClN3O5S/c1-10(2)27-17(23)12-8-20-18(28(4,24)25)21-15(12)13-9-22(26-3)16-11(13)6-5-7-14(16)19/h5-10H,1-4H3. The van der Waals surface area contributed by atoms with Crippen molar-refractivity contribution in [3.05, 3.63) is 41.2 Å². The van der Waals surface area contributed by atoms with E-state index in [9.17, 15) is 13.2 Å². The van der Waals surface area contributed by atoms with Crippen LogP contribution in [0.3, 0.4) is 0 Å². The molecule has 0 unspecified atom stereocenters. The molecular weight excluding hydrogens is 406 g/mol. The number of aromatic nitrogens is 3. The minimum Gasteiger partial charge on any atom is -0.459 e. The summed E-state index contributed by atoms with van der Waals surface area (Å²) in [6, 6.07) is 5.20. The molecule has 10 heteroatoms. The number of hydrogen-bond acceptors (Lipinski definition) is 7. The van der Waals surface area contributed by atoms with Gasteiger partial charge in [-0.15, -0.1) is 0 Å². The summed E-state index contributed by atoms with van der Waals surface area (Å²) >= 11 is 6.30. The van der Waals surface area contributed by atoms with Gasteiger partial charge in [-0.2, -0.15) is 4.73 Å². The predicted molar refractivity (Wildman–Crippen MR) is 104 cm³/mol. The molecule has 0 saturated carbocycles. The molecule has 1 aromatic carbocycles. The maximum atomic E-state index is 12.6. The van der Waals surface area contributed by atoms with Crippen LogP contribution in [0.4, 0.5) is 0 Å². The van der Waals surface area contributed by atoms with Gasteiger partial charge in [0.1, 0.15) is 18.2 Å². The first-order valence-electron chi connectivity index (χ1n) is 8.26. The molecule has 2 heterocycles. The third-order valence-electron chi connectivity index (χ3n) is 3.86. The van der Waals surface area contributed by atoms with Gasteiger partial charge in [-0.05, 0) is 19.9 Å². The molecule has 0 radical (unpaired) electrons. The predicted octanol–water partition coefficient (Wildman–Crippen LogP) is 2.78. The van der Waals surface area contributed by atoms with Crippen LogP contribution in [0, 0.1) is 0 Å². The summed E-state index contributed by atoms with van der Waals surface area (Å²) in [5, 5.41) is 0.657. The minimum atomic E-state index is -3.70. The number of halogens is 1. The first-order chi connectivity index (χ1) is 13.1. The molecule has 3 aromatic rings. The summed E-state index contributed by atoms with van der Waals surface area (Å²) in [4.78, 5) is 25.9. The largest absolute Gasteiger partial charge is 0.459 e. The van der Waals surface area contributed by atoms with E-state index in [1.807, 2.05) is 0 Å². The van der Waals surface area contributed by atoms with Crippen molar-refractivity contribution in [2.75, 3.05) is 13.4 Å². The summed E-state index contributed by atoms with van der Waals surface area (Å²) in [6.07, 6.45) is 3.36. The fraction of sp³-hybridized carbons (Fsp3) is 0.278. The van der Waals surface area contributed by atoms with E-state index in [1.165, 1.54) is 11.8 Å². The molecule has 0 aliphatic heterocycles. The number of para-hydroxylation sites is 1. The van der Waals surface area contributed by atoms with Crippen molar-refractivity contribution in [2.24, 2.45) is 0 Å². The maximum absolute atomic E-state index is 12.6. The van der Waals surface area contributed by atoms with Gasteiger partial charge in [0.2, 0.25) is 15.0 Å². The van der Waals surface area contributed by atoms with Crippen molar-refractivity contribution < 1.29 is 22.8 Å². The highest BCUT2D eigenvalue weighted by molar-refractivity contribution is 7.90. The van der Waals surface area contributed by atoms with Crippen LogP contribution in [0.25, 0.3) is 22.2 Å². The second-order valence-electron chi connectivity index (χ2n) is 6.33. The van der Waals surface area contributed by atoms with Gasteiger partial charge in [-0.1, -0.05) is 23.7 Å². The summed E-state index contributed by atoms with van der Waals surface area (Å²) in [5.41, 5.74) is 1.17. The third kappa shape index (κ3) is 3.67. The average molecular weight is 424 g/mol. The number of hydrogen-bond donors (Lipinski definition) is 0. The van der Waals surface area contributed by atoms with Gasteiger partial charge in [-0.3, -0.25) is 0 Å². The van der Waals surface area contributed by atoms with Crippen LogP contribution in [0.15, 0.2) is 35.7 Å². The number of carbonyl (C=O) groups excluding carboxylic acids is 1. The number of fused-ring (bicyclic) bond motifs is 1. The molecule has 148 valence electrons. The summed E-state index contributed by atoms with van der Waals surface area (Å²) in [7, 11) is -2.24. The van der Waals surface area contributed by atoms with Gasteiger partial charge >= 0.3 is 5.97 Å². The highest BCUT2D eigenvalue weighted by Gasteiger charge is 2.25. The molecule has 3 rings (SSSR count). The smallest absolute Gasteiger partial charge is 0.342 e. The van der Waals surface area contributed by atoms with Crippen LogP contribution >= 0.6 is 11.6 Å². The minimum absolute atomic E-state index is 0.0382. The molecule has 0 N–H and O–H groups in total. The number of nitrogens with zero attached hydrogens (tertiary/aromatic N) is 3. The van der Waals surface area contributed by atoms with E-state index < -0.39 is 21.0 Å². The number of benzene rings is 1. The van der Waals surface area contributed by atoms with Crippen LogP contribution in [-0.4, -0.2) is 48.6 Å². The van der Waals surface area contributed by atoms with Crippen LogP contribution in [0.1, 0.15) is 24.2 Å². The highest BCUT2D eigenvalue weighted by atomic mass is 35.5. The lowest BCUT2D eigenvalue weighted by molar-refractivity contribution is 0.0377. The van der Waals surface area contributed by atoms with E-state index in [0.717, 1.165) is 12.5 Å². The first kappa shape index (κ1) is 20.1. The molecule has 0 aliphatic carbocycles. The van der Waals surface area contributed by atoms with Crippen molar-refractivity contribution in [3.8, 4) is 11.3 Å². The first-order valence-corrected chi connectivity index (χ1v) is 10.5. The Morgan fingerprint density at radius 1 is 1.29 bits per heavy atom. The number of sulfone groups is 1. The Hall–Kier alpha value is -2.65. The molecule has 2 aromatic heterocycles. The Balaban J connectivity index is 2.35. The van der Waals surface area contributed by atoms with Gasteiger partial charge in [0.25, 0.3) is 0 Å². The van der Waals surface area contributed by atoms with Crippen molar-refractivity contribution in [3.63, 3.8) is 0 Å². The van der Waals surface area contributed by atoms with Crippen molar-refractivity contribution in [2.45, 2.75) is 25.1 Å². The van der Waals surface area contributed by atoms with E-state index in [-0.39, 0.29) is 17.4 Å². The molecule has 0 amide bonds. The fourth-order valence-corrected chi connectivity index (χ4v) is 3.48. The Morgan fingerprint density at radius 3 is 2.61 bits per heavy atom. The maximum Gasteiger partial charge on any atom is 0.342 e. The molecule has 0 atom stereocenters. The van der Waals surface area contributed by atoms with E-state index in [4.69, 9.17) is 21.2 Å². The fourth-order valence-electron chi connectivity index (χ4n) is 2.72. The van der Waals surface area contributed by atoms with E-state index in [1.54, 1.807) is 38.2 Å². The Bertz CT molecular complexity index is 1170. The third-order valence-corrected chi connectivity index (χ3v) is 5.02. The SMILES string of the molecule is COn1cc(-c2nc(S(C)(=O)=O)ncc2C(=O)OC(C)C)c2cccc(Cl)c21. The Labute approximate surface area is 166 Å². The molecule has 8 nitrogen and oxygen atoms in total. The molecule has 0 bridgehead atoms. The van der Waals surface area contributed by atoms with Crippen LogP contribution in [0.2, 0.25) is 5.02 Å². The monoisotopic (exact) mass is 423 g/mol. The van der Waals surface area contributed by atoms with Crippen molar-refractivity contribution >= 4 is 38.3 Å². The molecule has 0 fully saturated rings. The van der Waals surface area contributed by atoms with E-state index in [2.05, 4.69) is 9.97 Å². The number of rotatable bonds is 5. The molecule has 0 aliphatic rings. The summed E-state index contributed by atoms with van der Waals surface area (Å²) in [6.45, 7) is 3.42.